The van der Waals surface area contributed by atoms with Gasteiger partial charge in [0.05, 0.1) is 6.20 Å². The Morgan fingerprint density at radius 1 is 1.64 bits per heavy atom. The summed E-state index contributed by atoms with van der Waals surface area (Å²) in [6.07, 6.45) is 3.90. The van der Waals surface area contributed by atoms with E-state index in [2.05, 4.69) is 5.10 Å². The fourth-order valence-electron chi connectivity index (χ4n) is 1.54. The molecular weight excluding hydrogens is 214 g/mol. The van der Waals surface area contributed by atoms with Crippen molar-refractivity contribution in [3.8, 4) is 0 Å². The lowest BCUT2D eigenvalue weighted by Crippen LogP contribution is -2.28. The molecule has 0 bridgehead atoms. The Bertz CT molecular complexity index is 294. The number of aromatic nitrogens is 2. The fraction of sp³-hybridized carbons (Fsp3) is 0.667. The van der Waals surface area contributed by atoms with E-state index in [9.17, 15) is 0 Å². The molecule has 0 saturated carbocycles. The molecule has 0 aliphatic carbocycles. The third-order valence-corrected chi connectivity index (χ3v) is 5.24. The smallest absolute Gasteiger partial charge is 0.0537 e. The molecule has 1 aromatic rings. The molecule has 3 nitrogen and oxygen atoms in total. The molecular formula is C9H15N3S2. The Labute approximate surface area is 92.8 Å². The minimum Gasteiger partial charge on any atom is -0.323 e. The molecule has 1 saturated heterocycles. The first kappa shape index (κ1) is 10.4. The number of nitrogens with two attached hydrogens (primary N) is 1. The predicted octanol–water partition coefficient (Wildman–Crippen LogP) is 1.27. The van der Waals surface area contributed by atoms with Gasteiger partial charge in [-0.3, -0.25) is 4.68 Å². The molecule has 1 aliphatic heterocycles. The van der Waals surface area contributed by atoms with Crippen LogP contribution in [0.3, 0.4) is 0 Å². The normalized spacial score (nSPS) is 24.9. The highest BCUT2D eigenvalue weighted by Gasteiger charge is 2.23. The van der Waals surface area contributed by atoms with Gasteiger partial charge < -0.3 is 5.73 Å². The summed E-state index contributed by atoms with van der Waals surface area (Å²) in [6.45, 7) is 0. The third kappa shape index (κ3) is 2.27. The van der Waals surface area contributed by atoms with Crippen molar-refractivity contribution in [3.05, 3.63) is 18.0 Å². The van der Waals surface area contributed by atoms with Gasteiger partial charge in [-0.15, -0.1) is 0 Å². The second-order valence-corrected chi connectivity index (χ2v) is 5.95. The number of rotatable bonds is 2. The topological polar surface area (TPSA) is 43.8 Å². The molecule has 2 N–H and O–H groups in total. The second kappa shape index (κ2) is 4.59. The van der Waals surface area contributed by atoms with Crippen molar-refractivity contribution in [2.45, 2.75) is 11.3 Å². The van der Waals surface area contributed by atoms with Crippen LogP contribution in [0.5, 0.6) is 0 Å². The van der Waals surface area contributed by atoms with Crippen LogP contribution in [0.4, 0.5) is 0 Å². The quantitative estimate of drug-likeness (QED) is 0.829. The lowest BCUT2D eigenvalue weighted by molar-refractivity contribution is 0.715. The zero-order valence-corrected chi connectivity index (χ0v) is 9.85. The van der Waals surface area contributed by atoms with Gasteiger partial charge in [-0.2, -0.15) is 28.6 Å². The van der Waals surface area contributed by atoms with Crippen LogP contribution >= 0.6 is 23.5 Å². The molecule has 2 atom stereocenters. The summed E-state index contributed by atoms with van der Waals surface area (Å²) in [5.74, 6) is 3.66. The van der Waals surface area contributed by atoms with Crippen LogP contribution < -0.4 is 5.73 Å². The van der Waals surface area contributed by atoms with E-state index >= 15 is 0 Å². The molecule has 2 rings (SSSR count). The van der Waals surface area contributed by atoms with Crippen LogP contribution in [-0.2, 0) is 7.05 Å². The van der Waals surface area contributed by atoms with Gasteiger partial charge in [0.1, 0.15) is 0 Å². The molecule has 0 aromatic carbocycles. The van der Waals surface area contributed by atoms with Gasteiger partial charge in [0.25, 0.3) is 0 Å². The predicted molar refractivity (Wildman–Crippen MR) is 63.7 cm³/mol. The molecule has 0 amide bonds. The van der Waals surface area contributed by atoms with Gasteiger partial charge in [0.2, 0.25) is 0 Å². The maximum absolute atomic E-state index is 6.20. The van der Waals surface area contributed by atoms with Crippen molar-refractivity contribution in [1.82, 2.24) is 9.78 Å². The maximum Gasteiger partial charge on any atom is 0.0537 e. The minimum absolute atomic E-state index is 0.140. The van der Waals surface area contributed by atoms with Crippen LogP contribution in [0.1, 0.15) is 11.6 Å². The SMILES string of the molecule is Cn1cc(C(N)C2CSCCS2)cn1. The van der Waals surface area contributed by atoms with E-state index in [1.54, 1.807) is 0 Å². The van der Waals surface area contributed by atoms with Gasteiger partial charge in [-0.1, -0.05) is 0 Å². The van der Waals surface area contributed by atoms with Crippen molar-refractivity contribution in [2.75, 3.05) is 17.3 Å². The summed E-state index contributed by atoms with van der Waals surface area (Å²) >= 11 is 4.00. The monoisotopic (exact) mass is 229 g/mol. The Hall–Kier alpha value is -0.130. The Morgan fingerprint density at radius 3 is 3.07 bits per heavy atom. The summed E-state index contributed by atoms with van der Waals surface area (Å²) in [7, 11) is 1.93. The molecule has 1 fully saturated rings. The molecule has 1 aliphatic rings. The van der Waals surface area contributed by atoms with Crippen LogP contribution in [0.15, 0.2) is 12.4 Å². The van der Waals surface area contributed by atoms with E-state index in [1.165, 1.54) is 17.3 Å². The third-order valence-electron chi connectivity index (χ3n) is 2.35. The first-order chi connectivity index (χ1) is 6.77. The van der Waals surface area contributed by atoms with Gasteiger partial charge in [0, 0.05) is 47.4 Å². The van der Waals surface area contributed by atoms with E-state index in [1.807, 2.05) is 47.6 Å². The maximum atomic E-state index is 6.20. The van der Waals surface area contributed by atoms with Crippen molar-refractivity contribution < 1.29 is 0 Å². The Morgan fingerprint density at radius 2 is 2.50 bits per heavy atom. The van der Waals surface area contributed by atoms with Gasteiger partial charge in [-0.05, 0) is 0 Å². The Kier molecular flexibility index (Phi) is 3.41. The first-order valence-electron chi connectivity index (χ1n) is 4.71. The molecule has 0 spiro atoms. The molecule has 2 unspecified atom stereocenters. The summed E-state index contributed by atoms with van der Waals surface area (Å²) < 4.78 is 1.82. The zero-order chi connectivity index (χ0) is 9.97. The fourth-order valence-corrected chi connectivity index (χ4v) is 4.34. The number of nitrogens with zero attached hydrogens (tertiary/aromatic N) is 2. The summed E-state index contributed by atoms with van der Waals surface area (Å²) in [5, 5.41) is 4.71. The average Bonchev–Trinajstić information content (AvgIpc) is 2.65. The highest BCUT2D eigenvalue weighted by atomic mass is 32.2. The molecule has 0 radical (unpaired) electrons. The van der Waals surface area contributed by atoms with Gasteiger partial charge in [0.15, 0.2) is 0 Å². The van der Waals surface area contributed by atoms with E-state index in [-0.39, 0.29) is 6.04 Å². The van der Waals surface area contributed by atoms with Crippen LogP contribution in [-0.4, -0.2) is 32.3 Å². The molecule has 1 aromatic heterocycles. The lowest BCUT2D eigenvalue weighted by Gasteiger charge is -2.25. The molecule has 78 valence electrons. The average molecular weight is 229 g/mol. The van der Waals surface area contributed by atoms with E-state index < -0.39 is 0 Å². The first-order valence-corrected chi connectivity index (χ1v) is 6.91. The lowest BCUT2D eigenvalue weighted by atomic mass is 10.1. The minimum atomic E-state index is 0.140. The summed E-state index contributed by atoms with van der Waals surface area (Å²) in [4.78, 5) is 0. The molecule has 5 heteroatoms. The number of aryl methyl sites for hydroxylation is 1. The summed E-state index contributed by atoms with van der Waals surface area (Å²) in [5.41, 5.74) is 7.36. The summed E-state index contributed by atoms with van der Waals surface area (Å²) in [6, 6.07) is 0.140. The Balaban J connectivity index is 2.03. The van der Waals surface area contributed by atoms with Crippen molar-refractivity contribution in [3.63, 3.8) is 0 Å². The van der Waals surface area contributed by atoms with Gasteiger partial charge >= 0.3 is 0 Å². The number of hydrogen-bond donors (Lipinski definition) is 1. The highest BCUT2D eigenvalue weighted by molar-refractivity contribution is 8.06. The van der Waals surface area contributed by atoms with Crippen LogP contribution in [0, 0.1) is 0 Å². The van der Waals surface area contributed by atoms with Crippen molar-refractivity contribution in [1.29, 1.82) is 0 Å². The second-order valence-electron chi connectivity index (χ2n) is 3.46. The highest BCUT2D eigenvalue weighted by Crippen LogP contribution is 2.31. The van der Waals surface area contributed by atoms with E-state index in [0.29, 0.717) is 5.25 Å². The zero-order valence-electron chi connectivity index (χ0n) is 8.22. The molecule has 2 heterocycles. The number of hydrogen-bond acceptors (Lipinski definition) is 4. The largest absolute Gasteiger partial charge is 0.323 e. The van der Waals surface area contributed by atoms with Crippen molar-refractivity contribution in [2.24, 2.45) is 12.8 Å². The standard InChI is InChI=1S/C9H15N3S2/c1-12-5-7(4-11-12)9(10)8-6-13-2-3-14-8/h4-5,8-9H,2-3,6,10H2,1H3. The number of thioether (sulfide) groups is 2. The van der Waals surface area contributed by atoms with Crippen LogP contribution in [0.25, 0.3) is 0 Å². The van der Waals surface area contributed by atoms with E-state index in [0.717, 1.165) is 5.56 Å². The molecule has 14 heavy (non-hydrogen) atoms. The van der Waals surface area contributed by atoms with Crippen molar-refractivity contribution >= 4 is 23.5 Å². The van der Waals surface area contributed by atoms with Gasteiger partial charge in [-0.25, -0.2) is 0 Å². The van der Waals surface area contributed by atoms with Crippen LogP contribution in [0.2, 0.25) is 0 Å². The van der Waals surface area contributed by atoms with E-state index in [4.69, 9.17) is 5.73 Å².